The monoisotopic (exact) mass is 488 g/mol. The van der Waals surface area contributed by atoms with Crippen molar-refractivity contribution in [2.45, 2.75) is 12.7 Å². The van der Waals surface area contributed by atoms with Crippen molar-refractivity contribution in [3.63, 3.8) is 0 Å². The van der Waals surface area contributed by atoms with Gasteiger partial charge in [0.05, 0.1) is 11.1 Å². The van der Waals surface area contributed by atoms with E-state index in [1.54, 1.807) is 37.3 Å². The number of rotatable bonds is 6. The Labute approximate surface area is 202 Å². The Bertz CT molecular complexity index is 1580. The van der Waals surface area contributed by atoms with Crippen molar-refractivity contribution in [1.29, 1.82) is 0 Å². The summed E-state index contributed by atoms with van der Waals surface area (Å²) in [6.07, 6.45) is 0. The summed E-state index contributed by atoms with van der Waals surface area (Å²) in [5.74, 6) is 0.787. The minimum Gasteiger partial charge on any atom is -0.340 e. The molecule has 0 spiro atoms. The van der Waals surface area contributed by atoms with E-state index in [0.29, 0.717) is 39.0 Å². The standard InChI is InChI=1S/C26H21ClN4O2S/c1-18-15-23-25(28-22-14-8-13-21(27)16-22)29-24(20-11-6-3-7-12-20)30-26(23)31(18)34(32,33)17-19-9-4-2-5-10-19/h2-16H,17H2,1H3,(H,28,29,30). The topological polar surface area (TPSA) is 76.9 Å². The highest BCUT2D eigenvalue weighted by Gasteiger charge is 2.24. The van der Waals surface area contributed by atoms with Gasteiger partial charge < -0.3 is 5.32 Å². The van der Waals surface area contributed by atoms with E-state index in [4.69, 9.17) is 21.6 Å². The SMILES string of the molecule is Cc1cc2c(Nc3cccc(Cl)c3)nc(-c3ccccc3)nc2n1S(=O)(=O)Cc1ccccc1. The van der Waals surface area contributed by atoms with Gasteiger partial charge in [-0.05, 0) is 36.8 Å². The van der Waals surface area contributed by atoms with Crippen LogP contribution in [-0.2, 0) is 15.8 Å². The molecule has 0 saturated carbocycles. The Morgan fingerprint density at radius 2 is 1.59 bits per heavy atom. The largest absolute Gasteiger partial charge is 0.340 e. The molecule has 0 aliphatic rings. The van der Waals surface area contributed by atoms with E-state index in [1.807, 2.05) is 60.7 Å². The number of halogens is 1. The summed E-state index contributed by atoms with van der Waals surface area (Å²) in [6, 6.07) is 27.7. The van der Waals surface area contributed by atoms with Gasteiger partial charge in [-0.15, -0.1) is 0 Å². The maximum absolute atomic E-state index is 13.5. The first kappa shape index (κ1) is 22.1. The molecule has 0 amide bonds. The zero-order valence-corrected chi connectivity index (χ0v) is 19.9. The van der Waals surface area contributed by atoms with Crippen molar-refractivity contribution in [2.75, 3.05) is 5.32 Å². The van der Waals surface area contributed by atoms with E-state index >= 15 is 0 Å². The molecule has 3 aromatic carbocycles. The molecule has 0 fully saturated rings. The maximum atomic E-state index is 13.5. The Balaban J connectivity index is 1.71. The quantitative estimate of drug-likeness (QED) is 0.308. The van der Waals surface area contributed by atoms with Gasteiger partial charge in [0, 0.05) is 22.0 Å². The molecular formula is C26H21ClN4O2S. The fourth-order valence-corrected chi connectivity index (χ4v) is 5.72. The number of hydrogen-bond donors (Lipinski definition) is 1. The lowest BCUT2D eigenvalue weighted by molar-refractivity contribution is 0.587. The van der Waals surface area contributed by atoms with Crippen LogP contribution >= 0.6 is 11.6 Å². The summed E-state index contributed by atoms with van der Waals surface area (Å²) >= 11 is 6.17. The van der Waals surface area contributed by atoms with E-state index in [2.05, 4.69) is 5.32 Å². The highest BCUT2D eigenvalue weighted by Crippen LogP contribution is 2.32. The number of aromatic nitrogens is 3. The average molecular weight is 489 g/mol. The summed E-state index contributed by atoms with van der Waals surface area (Å²) in [5.41, 5.74) is 3.11. The van der Waals surface area contributed by atoms with Crippen molar-refractivity contribution in [3.8, 4) is 11.4 Å². The molecule has 0 bridgehead atoms. The van der Waals surface area contributed by atoms with Gasteiger partial charge in [-0.2, -0.15) is 0 Å². The molecule has 0 aliphatic carbocycles. The number of hydrogen-bond acceptors (Lipinski definition) is 5. The summed E-state index contributed by atoms with van der Waals surface area (Å²) in [5, 5.41) is 4.48. The summed E-state index contributed by atoms with van der Waals surface area (Å²) in [4.78, 5) is 9.44. The van der Waals surface area contributed by atoms with Crippen LogP contribution in [0.2, 0.25) is 5.02 Å². The van der Waals surface area contributed by atoms with Crippen LogP contribution in [0.3, 0.4) is 0 Å². The zero-order chi connectivity index (χ0) is 23.7. The molecule has 0 saturated heterocycles. The van der Waals surface area contributed by atoms with Crippen LogP contribution in [0.1, 0.15) is 11.3 Å². The number of nitrogens with one attached hydrogen (secondary N) is 1. The lowest BCUT2D eigenvalue weighted by atomic mass is 10.2. The number of anilines is 2. The lowest BCUT2D eigenvalue weighted by Gasteiger charge is -2.12. The predicted octanol–water partition coefficient (Wildman–Crippen LogP) is 6.18. The van der Waals surface area contributed by atoms with E-state index in [0.717, 1.165) is 11.3 Å². The van der Waals surface area contributed by atoms with Crippen molar-refractivity contribution in [1.82, 2.24) is 13.9 Å². The minimum atomic E-state index is -3.75. The molecular weight excluding hydrogens is 468 g/mol. The first-order valence-corrected chi connectivity index (χ1v) is 12.6. The maximum Gasteiger partial charge on any atom is 0.244 e. The molecule has 0 unspecified atom stereocenters. The third-order valence-corrected chi connectivity index (χ3v) is 7.33. The lowest BCUT2D eigenvalue weighted by Crippen LogP contribution is -2.17. The molecule has 34 heavy (non-hydrogen) atoms. The Kier molecular flexibility index (Phi) is 5.81. The normalized spacial score (nSPS) is 11.6. The van der Waals surface area contributed by atoms with Crippen molar-refractivity contribution >= 4 is 44.2 Å². The molecule has 2 heterocycles. The van der Waals surface area contributed by atoms with E-state index in [9.17, 15) is 8.42 Å². The second kappa shape index (κ2) is 8.93. The Morgan fingerprint density at radius 3 is 2.29 bits per heavy atom. The molecule has 170 valence electrons. The van der Waals surface area contributed by atoms with Gasteiger partial charge in [-0.25, -0.2) is 22.4 Å². The molecule has 5 rings (SSSR count). The van der Waals surface area contributed by atoms with Gasteiger partial charge >= 0.3 is 0 Å². The van der Waals surface area contributed by atoms with Gasteiger partial charge in [0.15, 0.2) is 11.5 Å². The van der Waals surface area contributed by atoms with Gasteiger partial charge in [-0.1, -0.05) is 78.3 Å². The second-order valence-corrected chi connectivity index (χ2v) is 10.2. The molecule has 0 aliphatic heterocycles. The fraction of sp³-hybridized carbons (Fsp3) is 0.0769. The van der Waals surface area contributed by atoms with Crippen LogP contribution in [-0.4, -0.2) is 22.4 Å². The number of aryl methyl sites for hydroxylation is 1. The van der Waals surface area contributed by atoms with E-state index < -0.39 is 10.0 Å². The summed E-state index contributed by atoms with van der Waals surface area (Å²) < 4.78 is 28.4. The van der Waals surface area contributed by atoms with Crippen LogP contribution < -0.4 is 5.32 Å². The molecule has 5 aromatic rings. The smallest absolute Gasteiger partial charge is 0.244 e. The Hall–Kier alpha value is -3.68. The molecule has 1 N–H and O–H groups in total. The fourth-order valence-electron chi connectivity index (χ4n) is 3.89. The van der Waals surface area contributed by atoms with Gasteiger partial charge in [-0.3, -0.25) is 0 Å². The molecule has 2 aromatic heterocycles. The first-order valence-electron chi connectivity index (χ1n) is 10.7. The first-order chi connectivity index (χ1) is 16.4. The van der Waals surface area contributed by atoms with Gasteiger partial charge in [0.2, 0.25) is 10.0 Å². The Morgan fingerprint density at radius 1 is 0.882 bits per heavy atom. The van der Waals surface area contributed by atoms with Crippen molar-refractivity contribution < 1.29 is 8.42 Å². The van der Waals surface area contributed by atoms with Crippen molar-refractivity contribution in [2.24, 2.45) is 0 Å². The van der Waals surface area contributed by atoms with Crippen LogP contribution in [0.4, 0.5) is 11.5 Å². The van der Waals surface area contributed by atoms with Gasteiger partial charge in [0.25, 0.3) is 0 Å². The van der Waals surface area contributed by atoms with Crippen LogP contribution in [0.5, 0.6) is 0 Å². The van der Waals surface area contributed by atoms with Crippen LogP contribution in [0.25, 0.3) is 22.4 Å². The third-order valence-electron chi connectivity index (χ3n) is 5.38. The predicted molar refractivity (Wildman–Crippen MR) is 137 cm³/mol. The number of fused-ring (bicyclic) bond motifs is 1. The van der Waals surface area contributed by atoms with Crippen LogP contribution in [0, 0.1) is 6.92 Å². The number of nitrogens with zero attached hydrogens (tertiary/aromatic N) is 3. The van der Waals surface area contributed by atoms with Crippen LogP contribution in [0.15, 0.2) is 91.0 Å². The third kappa shape index (κ3) is 4.40. The highest BCUT2D eigenvalue weighted by atomic mass is 35.5. The molecule has 8 heteroatoms. The van der Waals surface area contributed by atoms with E-state index in [-0.39, 0.29) is 5.75 Å². The van der Waals surface area contributed by atoms with E-state index in [1.165, 1.54) is 3.97 Å². The second-order valence-electron chi connectivity index (χ2n) is 7.93. The molecule has 0 radical (unpaired) electrons. The summed E-state index contributed by atoms with van der Waals surface area (Å²) in [6.45, 7) is 1.76. The molecule has 6 nitrogen and oxygen atoms in total. The van der Waals surface area contributed by atoms with Gasteiger partial charge in [0.1, 0.15) is 5.82 Å². The highest BCUT2D eigenvalue weighted by molar-refractivity contribution is 7.89. The van der Waals surface area contributed by atoms with Crippen molar-refractivity contribution in [3.05, 3.63) is 107 Å². The number of benzene rings is 3. The zero-order valence-electron chi connectivity index (χ0n) is 18.3. The summed E-state index contributed by atoms with van der Waals surface area (Å²) in [7, 11) is -3.75. The average Bonchev–Trinajstić information content (AvgIpc) is 3.17. The molecule has 0 atom stereocenters. The minimum absolute atomic E-state index is 0.139.